The average Bonchev–Trinajstić information content (AvgIpc) is 3.94. The van der Waals surface area contributed by atoms with E-state index in [0.717, 1.165) is 59.4 Å². The number of carbonyl (C=O) groups is 3. The van der Waals surface area contributed by atoms with E-state index in [9.17, 15) is 14.4 Å². The fraction of sp³-hybridized carbons (Fsp3) is 0.325. The second-order valence-corrected chi connectivity index (χ2v) is 14.0. The molecule has 0 radical (unpaired) electrons. The van der Waals surface area contributed by atoms with Crippen LogP contribution in [0.3, 0.4) is 0 Å². The van der Waals surface area contributed by atoms with Gasteiger partial charge in [-0.2, -0.15) is 0 Å². The second kappa shape index (κ2) is 15.5. The summed E-state index contributed by atoms with van der Waals surface area (Å²) in [6, 6.07) is 30.1. The molecule has 1 heterocycles. The Kier molecular flexibility index (Phi) is 10.9. The van der Waals surface area contributed by atoms with E-state index in [1.54, 1.807) is 17.0 Å². The van der Waals surface area contributed by atoms with Gasteiger partial charge in [0.05, 0.1) is 24.5 Å². The van der Waals surface area contributed by atoms with Crippen LogP contribution < -0.4 is 20.9 Å². The van der Waals surface area contributed by atoms with Crippen LogP contribution in [0.25, 0.3) is 11.1 Å². The van der Waals surface area contributed by atoms with Gasteiger partial charge in [-0.05, 0) is 72.4 Å². The molecule has 49 heavy (non-hydrogen) atoms. The first-order chi connectivity index (χ1) is 23.7. The quantitative estimate of drug-likeness (QED) is 0.146. The van der Waals surface area contributed by atoms with Crippen LogP contribution in [0.2, 0.25) is 10.0 Å². The molecule has 3 atom stereocenters. The Balaban J connectivity index is 1.37. The lowest BCUT2D eigenvalue weighted by Crippen LogP contribution is -2.54. The lowest BCUT2D eigenvalue weighted by molar-refractivity contribution is -0.135. The van der Waals surface area contributed by atoms with Gasteiger partial charge in [-0.3, -0.25) is 14.4 Å². The maximum atomic E-state index is 14.8. The van der Waals surface area contributed by atoms with E-state index in [0.29, 0.717) is 28.8 Å². The summed E-state index contributed by atoms with van der Waals surface area (Å²) in [5.41, 5.74) is 11.0. The molecule has 4 aromatic rings. The minimum absolute atomic E-state index is 0.217. The Bertz CT molecular complexity index is 1810. The summed E-state index contributed by atoms with van der Waals surface area (Å²) in [5, 5.41) is 4.24. The van der Waals surface area contributed by atoms with Crippen LogP contribution >= 0.6 is 23.2 Å². The highest BCUT2D eigenvalue weighted by Crippen LogP contribution is 2.41. The third kappa shape index (κ3) is 8.11. The number of nitrogens with one attached hydrogen (secondary N) is 1. The van der Waals surface area contributed by atoms with Gasteiger partial charge in [0, 0.05) is 33.1 Å². The Hall–Kier alpha value is -4.33. The number of para-hydroxylation sites is 3. The molecule has 254 valence electrons. The molecule has 0 saturated heterocycles. The number of primary amides is 1. The van der Waals surface area contributed by atoms with Gasteiger partial charge in [0.15, 0.2) is 0 Å². The molecule has 3 N–H and O–H groups in total. The molecule has 3 amide bonds. The predicted octanol–water partition coefficient (Wildman–Crippen LogP) is 8.54. The lowest BCUT2D eigenvalue weighted by Gasteiger charge is -2.29. The Labute approximate surface area is 298 Å². The van der Waals surface area contributed by atoms with Gasteiger partial charge in [-0.15, -0.1) is 0 Å². The van der Waals surface area contributed by atoms with Gasteiger partial charge in [-0.25, -0.2) is 0 Å². The first kappa shape index (κ1) is 34.5. The third-order valence-electron chi connectivity index (χ3n) is 9.63. The van der Waals surface area contributed by atoms with Crippen LogP contribution in [0, 0.1) is 17.8 Å². The summed E-state index contributed by atoms with van der Waals surface area (Å²) in [7, 11) is 0. The van der Waals surface area contributed by atoms with Gasteiger partial charge < -0.3 is 20.9 Å². The molecule has 2 aliphatic rings. The van der Waals surface area contributed by atoms with Gasteiger partial charge in [0.1, 0.15) is 6.04 Å². The van der Waals surface area contributed by atoms with Gasteiger partial charge >= 0.3 is 0 Å². The number of unbranched alkanes of at least 4 members (excludes halogenated alkanes) is 1. The first-order valence-corrected chi connectivity index (χ1v) is 17.9. The zero-order valence-corrected chi connectivity index (χ0v) is 29.2. The van der Waals surface area contributed by atoms with Crippen molar-refractivity contribution in [3.05, 3.63) is 113 Å². The number of fused-ring (bicyclic) bond motifs is 1. The normalized spacial score (nSPS) is 17.2. The Morgan fingerprint density at radius 3 is 2.33 bits per heavy atom. The van der Waals surface area contributed by atoms with Gasteiger partial charge in [0.2, 0.25) is 11.8 Å². The van der Waals surface area contributed by atoms with E-state index in [1.807, 2.05) is 84.9 Å². The molecule has 9 heteroatoms. The van der Waals surface area contributed by atoms with Crippen LogP contribution in [0.1, 0.15) is 51.0 Å². The van der Waals surface area contributed by atoms with Crippen molar-refractivity contribution in [2.24, 2.45) is 23.5 Å². The zero-order chi connectivity index (χ0) is 34.5. The lowest BCUT2D eigenvalue weighted by atomic mass is 9.82. The number of hydrogen-bond donors (Lipinski definition) is 2. The summed E-state index contributed by atoms with van der Waals surface area (Å²) < 4.78 is 0. The molecular weight excluding hydrogens is 655 g/mol. The van der Waals surface area contributed by atoms with Crippen LogP contribution in [-0.4, -0.2) is 30.3 Å². The standard InChI is InChI=1S/C40H42Cl2N4O3/c1-2-3-14-32(38(43)47)33(22-26-17-18-26)39(48)44-35-25-45(30-12-5-4-6-13-30)36-15-7-8-16-37(36)46(40(35)49)24-27-10-9-11-28(21-27)31-20-19-29(41)23-34(31)42/h4-13,15-16,19-21,23,26,32-33,35H,2-3,14,17-18,22,24-25H2,1H3,(H2,43,47)(H,44,48). The number of nitrogens with two attached hydrogens (primary N) is 1. The van der Waals surface area contributed by atoms with Crippen LogP contribution in [0.5, 0.6) is 0 Å². The molecule has 1 fully saturated rings. The van der Waals surface area contributed by atoms with Gasteiger partial charge in [0.25, 0.3) is 5.91 Å². The van der Waals surface area contributed by atoms with E-state index >= 15 is 0 Å². The fourth-order valence-electron chi connectivity index (χ4n) is 6.86. The number of anilines is 3. The fourth-order valence-corrected chi connectivity index (χ4v) is 7.38. The summed E-state index contributed by atoms with van der Waals surface area (Å²) in [6.07, 6.45) is 4.92. The molecular formula is C40H42Cl2N4O3. The van der Waals surface area contributed by atoms with Crippen molar-refractivity contribution in [2.45, 2.75) is 58.0 Å². The number of halogens is 2. The summed E-state index contributed by atoms with van der Waals surface area (Å²) in [4.78, 5) is 45.6. The van der Waals surface area contributed by atoms with E-state index in [2.05, 4.69) is 17.1 Å². The van der Waals surface area contributed by atoms with Crippen molar-refractivity contribution >= 4 is 58.0 Å². The SMILES string of the molecule is CCCCC(C(N)=O)C(CC1CC1)C(=O)NC1CN(c2ccccc2)c2ccccc2N(Cc2cccc(-c3ccc(Cl)cc3Cl)c2)C1=O. The second-order valence-electron chi connectivity index (χ2n) is 13.2. The minimum atomic E-state index is -0.893. The highest BCUT2D eigenvalue weighted by atomic mass is 35.5. The third-order valence-corrected chi connectivity index (χ3v) is 10.2. The van der Waals surface area contributed by atoms with Crippen molar-refractivity contribution in [1.82, 2.24) is 5.32 Å². The van der Waals surface area contributed by atoms with Crippen molar-refractivity contribution in [3.8, 4) is 11.1 Å². The molecule has 7 nitrogen and oxygen atoms in total. The largest absolute Gasteiger partial charge is 0.369 e. The molecule has 0 bridgehead atoms. The molecule has 3 unspecified atom stereocenters. The van der Waals surface area contributed by atoms with Crippen molar-refractivity contribution < 1.29 is 14.4 Å². The maximum Gasteiger partial charge on any atom is 0.251 e. The van der Waals surface area contributed by atoms with E-state index in [4.69, 9.17) is 28.9 Å². The van der Waals surface area contributed by atoms with E-state index in [1.165, 1.54) is 0 Å². The molecule has 0 spiro atoms. The first-order valence-electron chi connectivity index (χ1n) is 17.1. The number of hydrogen-bond acceptors (Lipinski definition) is 4. The Morgan fingerprint density at radius 1 is 0.898 bits per heavy atom. The van der Waals surface area contributed by atoms with Crippen LogP contribution in [0.4, 0.5) is 17.1 Å². The van der Waals surface area contributed by atoms with Crippen molar-refractivity contribution in [3.63, 3.8) is 0 Å². The zero-order valence-electron chi connectivity index (χ0n) is 27.7. The smallest absolute Gasteiger partial charge is 0.251 e. The van der Waals surface area contributed by atoms with Crippen LogP contribution in [0.15, 0.2) is 97.1 Å². The number of amides is 3. The maximum absolute atomic E-state index is 14.8. The monoisotopic (exact) mass is 696 g/mol. The summed E-state index contributed by atoms with van der Waals surface area (Å²) in [5.74, 6) is -1.75. The highest BCUT2D eigenvalue weighted by Gasteiger charge is 2.40. The average molecular weight is 698 g/mol. The number of nitrogens with zero attached hydrogens (tertiary/aromatic N) is 2. The van der Waals surface area contributed by atoms with Crippen LogP contribution in [-0.2, 0) is 20.9 Å². The topological polar surface area (TPSA) is 95.7 Å². The van der Waals surface area contributed by atoms with Crippen molar-refractivity contribution in [2.75, 3.05) is 16.3 Å². The molecule has 6 rings (SSSR count). The van der Waals surface area contributed by atoms with E-state index < -0.39 is 23.8 Å². The predicted molar refractivity (Wildman–Crippen MR) is 198 cm³/mol. The number of carbonyl (C=O) groups excluding carboxylic acids is 3. The summed E-state index contributed by atoms with van der Waals surface area (Å²) >= 11 is 12.7. The Morgan fingerprint density at radius 2 is 1.63 bits per heavy atom. The molecule has 0 aromatic heterocycles. The minimum Gasteiger partial charge on any atom is -0.369 e. The summed E-state index contributed by atoms with van der Waals surface area (Å²) in [6.45, 7) is 2.53. The number of rotatable bonds is 13. The molecule has 1 saturated carbocycles. The highest BCUT2D eigenvalue weighted by molar-refractivity contribution is 6.36. The van der Waals surface area contributed by atoms with Gasteiger partial charge in [-0.1, -0.05) is 110 Å². The molecule has 1 aliphatic heterocycles. The number of benzene rings is 4. The van der Waals surface area contributed by atoms with E-state index in [-0.39, 0.29) is 24.9 Å². The molecule has 4 aromatic carbocycles. The van der Waals surface area contributed by atoms with Crippen molar-refractivity contribution in [1.29, 1.82) is 0 Å². The molecule has 1 aliphatic carbocycles.